The van der Waals surface area contributed by atoms with Crippen molar-refractivity contribution in [2.75, 3.05) is 0 Å². The van der Waals surface area contributed by atoms with Gasteiger partial charge in [0, 0.05) is 5.56 Å². The standard InChI is InChI=1S/C13H14F2N2O2/c14-9-4-3-8(6-10(9)15)13(19)17-11(12(16)18)5-7-1-2-7/h3-4,6-7,11H,1-2,5H2,(H2,16,18)(H,17,19)/t11-/m0/s1. The highest BCUT2D eigenvalue weighted by Crippen LogP contribution is 2.33. The van der Waals surface area contributed by atoms with Crippen molar-refractivity contribution in [3.05, 3.63) is 35.4 Å². The number of carbonyl (C=O) groups excluding carboxylic acids is 2. The smallest absolute Gasteiger partial charge is 0.252 e. The van der Waals surface area contributed by atoms with Crippen molar-refractivity contribution >= 4 is 11.8 Å². The average molecular weight is 268 g/mol. The molecule has 6 heteroatoms. The Morgan fingerprint density at radius 1 is 1.32 bits per heavy atom. The van der Waals surface area contributed by atoms with E-state index in [2.05, 4.69) is 5.32 Å². The van der Waals surface area contributed by atoms with E-state index in [-0.39, 0.29) is 5.56 Å². The monoisotopic (exact) mass is 268 g/mol. The molecule has 19 heavy (non-hydrogen) atoms. The summed E-state index contributed by atoms with van der Waals surface area (Å²) < 4.78 is 25.8. The van der Waals surface area contributed by atoms with Crippen LogP contribution in [0.15, 0.2) is 18.2 Å². The Labute approximate surface area is 109 Å². The summed E-state index contributed by atoms with van der Waals surface area (Å²) in [6.07, 6.45) is 2.53. The lowest BCUT2D eigenvalue weighted by molar-refractivity contribution is -0.120. The molecule has 3 N–H and O–H groups in total. The van der Waals surface area contributed by atoms with Crippen LogP contribution in [0.25, 0.3) is 0 Å². The first kappa shape index (κ1) is 13.5. The maximum absolute atomic E-state index is 13.0. The van der Waals surface area contributed by atoms with Crippen LogP contribution in [0.4, 0.5) is 8.78 Å². The number of benzene rings is 1. The lowest BCUT2D eigenvalue weighted by Crippen LogP contribution is -2.44. The average Bonchev–Trinajstić information content (AvgIpc) is 3.15. The van der Waals surface area contributed by atoms with Crippen LogP contribution in [0.2, 0.25) is 0 Å². The first-order chi connectivity index (χ1) is 8.97. The van der Waals surface area contributed by atoms with Gasteiger partial charge in [-0.1, -0.05) is 12.8 Å². The molecular formula is C13H14F2N2O2. The van der Waals surface area contributed by atoms with Gasteiger partial charge in [0.1, 0.15) is 6.04 Å². The lowest BCUT2D eigenvalue weighted by atomic mass is 10.1. The summed E-state index contributed by atoms with van der Waals surface area (Å²) in [6.45, 7) is 0. The second-order valence-electron chi connectivity index (χ2n) is 4.74. The van der Waals surface area contributed by atoms with Crippen molar-refractivity contribution in [2.24, 2.45) is 11.7 Å². The number of hydrogen-bond acceptors (Lipinski definition) is 2. The Balaban J connectivity index is 2.05. The van der Waals surface area contributed by atoms with Crippen LogP contribution in [0.5, 0.6) is 0 Å². The van der Waals surface area contributed by atoms with Crippen LogP contribution in [0.3, 0.4) is 0 Å². The third-order valence-electron chi connectivity index (χ3n) is 3.10. The molecule has 102 valence electrons. The van der Waals surface area contributed by atoms with Crippen LogP contribution < -0.4 is 11.1 Å². The molecule has 0 radical (unpaired) electrons. The molecular weight excluding hydrogens is 254 g/mol. The summed E-state index contributed by atoms with van der Waals surface area (Å²) in [5.74, 6) is -2.99. The van der Waals surface area contributed by atoms with Gasteiger partial charge < -0.3 is 11.1 Å². The van der Waals surface area contributed by atoms with Crippen LogP contribution in [0.1, 0.15) is 29.6 Å². The zero-order valence-electron chi connectivity index (χ0n) is 10.2. The molecule has 1 aliphatic carbocycles. The molecule has 1 fully saturated rings. The Hall–Kier alpha value is -1.98. The number of primary amides is 1. The van der Waals surface area contributed by atoms with Crippen LogP contribution in [-0.2, 0) is 4.79 Å². The fourth-order valence-electron chi connectivity index (χ4n) is 1.81. The summed E-state index contributed by atoms with van der Waals surface area (Å²) in [5, 5.41) is 2.45. The molecule has 4 nitrogen and oxygen atoms in total. The number of hydrogen-bond donors (Lipinski definition) is 2. The molecule has 0 unspecified atom stereocenters. The predicted octanol–water partition coefficient (Wildman–Crippen LogP) is 1.35. The fourth-order valence-corrected chi connectivity index (χ4v) is 1.81. The molecule has 0 spiro atoms. The highest BCUT2D eigenvalue weighted by molar-refractivity contribution is 5.97. The summed E-state index contributed by atoms with van der Waals surface area (Å²) in [6, 6.07) is 2.04. The van der Waals surface area contributed by atoms with E-state index >= 15 is 0 Å². The highest BCUT2D eigenvalue weighted by Gasteiger charge is 2.29. The molecule has 2 rings (SSSR count). The van der Waals surface area contributed by atoms with E-state index in [0.29, 0.717) is 12.3 Å². The van der Waals surface area contributed by atoms with Gasteiger partial charge in [-0.3, -0.25) is 9.59 Å². The van der Waals surface area contributed by atoms with Crippen molar-refractivity contribution < 1.29 is 18.4 Å². The Bertz CT molecular complexity index is 515. The van der Waals surface area contributed by atoms with Crippen LogP contribution >= 0.6 is 0 Å². The van der Waals surface area contributed by atoms with E-state index in [9.17, 15) is 18.4 Å². The van der Waals surface area contributed by atoms with Gasteiger partial charge in [-0.05, 0) is 30.5 Å². The molecule has 2 amide bonds. The zero-order chi connectivity index (χ0) is 14.0. The molecule has 1 atom stereocenters. The van der Waals surface area contributed by atoms with Gasteiger partial charge in [-0.25, -0.2) is 8.78 Å². The first-order valence-corrected chi connectivity index (χ1v) is 6.02. The Morgan fingerprint density at radius 2 is 2.00 bits per heavy atom. The van der Waals surface area contributed by atoms with Crippen molar-refractivity contribution in [1.29, 1.82) is 0 Å². The van der Waals surface area contributed by atoms with Gasteiger partial charge in [-0.2, -0.15) is 0 Å². The molecule has 0 bridgehead atoms. The maximum atomic E-state index is 13.0. The van der Waals surface area contributed by atoms with Crippen LogP contribution in [-0.4, -0.2) is 17.9 Å². The van der Waals surface area contributed by atoms with Crippen molar-refractivity contribution in [3.8, 4) is 0 Å². The molecule has 0 aliphatic heterocycles. The van der Waals surface area contributed by atoms with Gasteiger partial charge >= 0.3 is 0 Å². The summed E-state index contributed by atoms with van der Waals surface area (Å²) in [4.78, 5) is 23.0. The zero-order valence-corrected chi connectivity index (χ0v) is 10.2. The quantitative estimate of drug-likeness (QED) is 0.846. The predicted molar refractivity (Wildman–Crippen MR) is 64.1 cm³/mol. The Kier molecular flexibility index (Phi) is 3.78. The minimum absolute atomic E-state index is 0.0408. The van der Waals surface area contributed by atoms with Crippen molar-refractivity contribution in [2.45, 2.75) is 25.3 Å². The Morgan fingerprint density at radius 3 is 2.53 bits per heavy atom. The largest absolute Gasteiger partial charge is 0.368 e. The number of amides is 2. The summed E-state index contributed by atoms with van der Waals surface area (Å²) in [5.41, 5.74) is 5.16. The number of halogens is 2. The third-order valence-corrected chi connectivity index (χ3v) is 3.10. The van der Waals surface area contributed by atoms with E-state index < -0.39 is 29.5 Å². The molecule has 1 saturated carbocycles. The van der Waals surface area contributed by atoms with Crippen LogP contribution in [0, 0.1) is 17.6 Å². The number of nitrogens with two attached hydrogens (primary N) is 1. The van der Waals surface area contributed by atoms with Crippen molar-refractivity contribution in [3.63, 3.8) is 0 Å². The second-order valence-corrected chi connectivity index (χ2v) is 4.74. The topological polar surface area (TPSA) is 72.2 Å². The summed E-state index contributed by atoms with van der Waals surface area (Å²) in [7, 11) is 0. The van der Waals surface area contributed by atoms with Gasteiger partial charge in [0.25, 0.3) is 5.91 Å². The molecule has 0 saturated heterocycles. The molecule has 1 aliphatic rings. The normalized spacial score (nSPS) is 15.9. The van der Waals surface area contributed by atoms with Gasteiger partial charge in [0.15, 0.2) is 11.6 Å². The lowest BCUT2D eigenvalue weighted by Gasteiger charge is -2.15. The molecule has 1 aromatic rings. The van der Waals surface area contributed by atoms with Gasteiger partial charge in [0.2, 0.25) is 5.91 Å². The number of nitrogens with one attached hydrogen (secondary N) is 1. The SMILES string of the molecule is NC(=O)[C@H](CC1CC1)NC(=O)c1ccc(F)c(F)c1. The first-order valence-electron chi connectivity index (χ1n) is 6.02. The van der Waals surface area contributed by atoms with E-state index in [0.717, 1.165) is 31.0 Å². The van der Waals surface area contributed by atoms with Crippen molar-refractivity contribution in [1.82, 2.24) is 5.32 Å². The molecule has 0 aromatic heterocycles. The van der Waals surface area contributed by atoms with Gasteiger partial charge in [-0.15, -0.1) is 0 Å². The summed E-state index contributed by atoms with van der Waals surface area (Å²) >= 11 is 0. The van der Waals surface area contributed by atoms with E-state index in [1.54, 1.807) is 0 Å². The maximum Gasteiger partial charge on any atom is 0.252 e. The molecule has 0 heterocycles. The van der Waals surface area contributed by atoms with Gasteiger partial charge in [0.05, 0.1) is 0 Å². The second kappa shape index (κ2) is 5.34. The number of carbonyl (C=O) groups is 2. The minimum atomic E-state index is -1.11. The fraction of sp³-hybridized carbons (Fsp3) is 0.385. The molecule has 1 aromatic carbocycles. The van der Waals surface area contributed by atoms with E-state index in [4.69, 9.17) is 5.73 Å². The minimum Gasteiger partial charge on any atom is -0.368 e. The van der Waals surface area contributed by atoms with E-state index in [1.165, 1.54) is 0 Å². The third kappa shape index (κ3) is 3.49. The van der Waals surface area contributed by atoms with E-state index in [1.807, 2.05) is 0 Å². The number of rotatable bonds is 5. The highest BCUT2D eigenvalue weighted by atomic mass is 19.2.